The molecular weight excluding hydrogens is 210 g/mol. The van der Waals surface area contributed by atoms with Crippen molar-refractivity contribution < 1.29 is 14.6 Å². The number of carbonyl (C=O) groups is 1. The van der Waals surface area contributed by atoms with Crippen LogP contribution in [0, 0.1) is 0 Å². The summed E-state index contributed by atoms with van der Waals surface area (Å²) < 4.78 is 4.43. The van der Waals surface area contributed by atoms with Gasteiger partial charge in [-0.3, -0.25) is 4.79 Å². The van der Waals surface area contributed by atoms with E-state index in [-0.39, 0.29) is 0 Å². The largest absolute Gasteiger partial charge is 0.469 e. The number of hydrogen-bond donors (Lipinski definition) is 1. The van der Waals surface area contributed by atoms with Gasteiger partial charge in [0.15, 0.2) is 5.72 Å². The predicted octanol–water partition coefficient (Wildman–Crippen LogP) is 1.71. The fraction of sp³-hybridized carbons (Fsp3) is 0.300. The summed E-state index contributed by atoms with van der Waals surface area (Å²) in [6.07, 6.45) is -0.419. The smallest absolute Gasteiger partial charge is 0.308 e. The van der Waals surface area contributed by atoms with Crippen LogP contribution >= 0.6 is 0 Å². The van der Waals surface area contributed by atoms with Crippen LogP contribution in [0.5, 0.6) is 0 Å². The van der Waals surface area contributed by atoms with Gasteiger partial charge in [0.2, 0.25) is 0 Å². The Labute approximate surface area is 92.1 Å². The molecule has 0 aromatic heterocycles. The molecule has 1 unspecified atom stereocenters. The maximum Gasteiger partial charge on any atom is 0.308 e. The molecule has 1 N–H and O–H groups in total. The third kappa shape index (κ3) is 2.73. The minimum Gasteiger partial charge on any atom is -0.469 e. The number of methoxy groups -OCH3 is 1. The van der Waals surface area contributed by atoms with Gasteiger partial charge in [0, 0.05) is 4.91 Å². The number of ether oxygens (including phenoxy) is 1. The van der Waals surface area contributed by atoms with E-state index in [4.69, 9.17) is 5.53 Å². The van der Waals surface area contributed by atoms with Gasteiger partial charge in [-0.15, -0.1) is 0 Å². The van der Waals surface area contributed by atoms with E-state index < -0.39 is 18.1 Å². The number of hydrogen-bond acceptors (Lipinski definition) is 4. The fourth-order valence-corrected chi connectivity index (χ4v) is 1.25. The molecule has 0 aliphatic heterocycles. The molecule has 0 saturated heterocycles. The average molecular weight is 221 g/mol. The molecular formula is C10H11N3O3. The van der Waals surface area contributed by atoms with Gasteiger partial charge in [-0.1, -0.05) is 35.4 Å². The fourth-order valence-electron chi connectivity index (χ4n) is 1.25. The lowest BCUT2D eigenvalue weighted by molar-refractivity contribution is -0.146. The van der Waals surface area contributed by atoms with E-state index in [1.807, 2.05) is 0 Å². The zero-order valence-corrected chi connectivity index (χ0v) is 8.70. The summed E-state index contributed by atoms with van der Waals surface area (Å²) in [5.41, 5.74) is 6.84. The number of esters is 1. The first-order valence-electron chi connectivity index (χ1n) is 4.53. The molecule has 1 aromatic carbocycles. The van der Waals surface area contributed by atoms with Crippen LogP contribution in [0.4, 0.5) is 0 Å². The van der Waals surface area contributed by atoms with Crippen LogP contribution in [0.15, 0.2) is 35.4 Å². The summed E-state index contributed by atoms with van der Waals surface area (Å²) in [7, 11) is 1.20. The summed E-state index contributed by atoms with van der Waals surface area (Å²) >= 11 is 0. The van der Waals surface area contributed by atoms with Gasteiger partial charge in [-0.2, -0.15) is 0 Å². The molecule has 0 aliphatic carbocycles. The van der Waals surface area contributed by atoms with Crippen LogP contribution in [0.3, 0.4) is 0 Å². The lowest BCUT2D eigenvalue weighted by Crippen LogP contribution is -2.26. The first-order chi connectivity index (χ1) is 7.62. The second kappa shape index (κ2) is 5.16. The molecule has 0 bridgehead atoms. The SMILES string of the molecule is COC(=O)CC(O)(N=[N+]=[N-])c1ccccc1. The Kier molecular flexibility index (Phi) is 3.88. The van der Waals surface area contributed by atoms with Crippen LogP contribution < -0.4 is 0 Å². The molecule has 16 heavy (non-hydrogen) atoms. The minimum absolute atomic E-state index is 0.346. The summed E-state index contributed by atoms with van der Waals surface area (Å²) in [6, 6.07) is 8.22. The third-order valence-electron chi connectivity index (χ3n) is 2.06. The maximum absolute atomic E-state index is 11.1. The molecule has 1 atom stereocenters. The van der Waals surface area contributed by atoms with Crippen LogP contribution in [0.25, 0.3) is 10.4 Å². The van der Waals surface area contributed by atoms with E-state index in [2.05, 4.69) is 14.8 Å². The van der Waals surface area contributed by atoms with Gasteiger partial charge in [-0.05, 0) is 11.1 Å². The molecule has 0 aliphatic rings. The Bertz CT molecular complexity index is 415. The van der Waals surface area contributed by atoms with Crippen molar-refractivity contribution in [2.75, 3.05) is 7.11 Å². The molecule has 0 radical (unpaired) electrons. The highest BCUT2D eigenvalue weighted by molar-refractivity contribution is 5.70. The normalized spacial score (nSPS) is 13.4. The lowest BCUT2D eigenvalue weighted by Gasteiger charge is -2.21. The van der Waals surface area contributed by atoms with E-state index in [0.29, 0.717) is 5.56 Å². The highest BCUT2D eigenvalue weighted by Gasteiger charge is 2.31. The second-order valence-electron chi connectivity index (χ2n) is 3.12. The van der Waals surface area contributed by atoms with E-state index in [1.54, 1.807) is 30.3 Å². The van der Waals surface area contributed by atoms with Crippen molar-refractivity contribution in [3.63, 3.8) is 0 Å². The number of nitrogens with zero attached hydrogens (tertiary/aromatic N) is 3. The lowest BCUT2D eigenvalue weighted by atomic mass is 10.0. The van der Waals surface area contributed by atoms with Crippen molar-refractivity contribution in [1.82, 2.24) is 0 Å². The molecule has 6 nitrogen and oxygen atoms in total. The van der Waals surface area contributed by atoms with Gasteiger partial charge in [0.1, 0.15) is 0 Å². The van der Waals surface area contributed by atoms with Crippen molar-refractivity contribution >= 4 is 5.97 Å². The van der Waals surface area contributed by atoms with Crippen molar-refractivity contribution in [3.05, 3.63) is 46.3 Å². The Morgan fingerprint density at radius 2 is 2.19 bits per heavy atom. The van der Waals surface area contributed by atoms with E-state index in [0.717, 1.165) is 0 Å². The highest BCUT2D eigenvalue weighted by Crippen LogP contribution is 2.27. The Morgan fingerprint density at radius 3 is 2.69 bits per heavy atom. The van der Waals surface area contributed by atoms with Crippen LogP contribution in [0.1, 0.15) is 12.0 Å². The summed E-state index contributed by atoms with van der Waals surface area (Å²) in [5, 5.41) is 13.3. The molecule has 0 fully saturated rings. The Morgan fingerprint density at radius 1 is 1.56 bits per heavy atom. The van der Waals surface area contributed by atoms with Crippen LogP contribution in [-0.4, -0.2) is 18.2 Å². The molecule has 0 saturated carbocycles. The standard InChI is InChI=1S/C10H11N3O3/c1-16-9(14)7-10(15,12-13-11)8-5-3-2-4-6-8/h2-6,15H,7H2,1H3. The van der Waals surface area contributed by atoms with Gasteiger partial charge >= 0.3 is 5.97 Å². The minimum atomic E-state index is -1.90. The molecule has 6 heteroatoms. The van der Waals surface area contributed by atoms with E-state index in [1.165, 1.54) is 7.11 Å². The number of rotatable bonds is 4. The maximum atomic E-state index is 11.1. The molecule has 0 amide bonds. The summed E-state index contributed by atoms with van der Waals surface area (Å²) in [5.74, 6) is -0.654. The highest BCUT2D eigenvalue weighted by atomic mass is 16.5. The first-order valence-corrected chi connectivity index (χ1v) is 4.53. The second-order valence-corrected chi connectivity index (χ2v) is 3.12. The Hall–Kier alpha value is -2.04. The number of carbonyl (C=O) groups excluding carboxylic acids is 1. The topological polar surface area (TPSA) is 95.3 Å². The zero-order valence-electron chi connectivity index (χ0n) is 8.70. The van der Waals surface area contributed by atoms with E-state index in [9.17, 15) is 9.90 Å². The van der Waals surface area contributed by atoms with Gasteiger partial charge in [-0.25, -0.2) is 0 Å². The first kappa shape index (κ1) is 12.0. The van der Waals surface area contributed by atoms with Crippen LogP contribution in [-0.2, 0) is 15.3 Å². The van der Waals surface area contributed by atoms with Gasteiger partial charge in [0.05, 0.1) is 13.5 Å². The van der Waals surface area contributed by atoms with Gasteiger partial charge in [0.25, 0.3) is 0 Å². The van der Waals surface area contributed by atoms with Crippen molar-refractivity contribution in [1.29, 1.82) is 0 Å². The number of azide groups is 1. The Balaban J connectivity index is 3.06. The quantitative estimate of drug-likeness (QED) is 0.362. The molecule has 1 aromatic rings. The van der Waals surface area contributed by atoms with Crippen LogP contribution in [0.2, 0.25) is 0 Å². The molecule has 0 spiro atoms. The van der Waals surface area contributed by atoms with E-state index >= 15 is 0 Å². The predicted molar refractivity (Wildman–Crippen MR) is 56.1 cm³/mol. The summed E-state index contributed by atoms with van der Waals surface area (Å²) in [4.78, 5) is 13.6. The monoisotopic (exact) mass is 221 g/mol. The average Bonchev–Trinajstić information content (AvgIpc) is 2.30. The summed E-state index contributed by atoms with van der Waals surface area (Å²) in [6.45, 7) is 0. The third-order valence-corrected chi connectivity index (χ3v) is 2.06. The van der Waals surface area contributed by atoms with Crippen molar-refractivity contribution in [3.8, 4) is 0 Å². The molecule has 0 heterocycles. The zero-order chi connectivity index (χ0) is 12.0. The molecule has 84 valence electrons. The van der Waals surface area contributed by atoms with Crippen molar-refractivity contribution in [2.24, 2.45) is 5.11 Å². The van der Waals surface area contributed by atoms with Gasteiger partial charge < -0.3 is 9.84 Å². The number of benzene rings is 1. The van der Waals surface area contributed by atoms with Crippen molar-refractivity contribution in [2.45, 2.75) is 12.1 Å². The molecule has 1 rings (SSSR count). The number of aliphatic hydroxyl groups is 1.